The second-order valence-electron chi connectivity index (χ2n) is 7.97. The van der Waals surface area contributed by atoms with Crippen molar-refractivity contribution < 1.29 is 19.0 Å². The van der Waals surface area contributed by atoms with Crippen LogP contribution in [0.2, 0.25) is 0 Å². The van der Waals surface area contributed by atoms with E-state index in [9.17, 15) is 4.79 Å². The lowest BCUT2D eigenvalue weighted by molar-refractivity contribution is 0.101. The van der Waals surface area contributed by atoms with Gasteiger partial charge in [0.25, 0.3) is 0 Å². The van der Waals surface area contributed by atoms with Crippen LogP contribution < -0.4 is 14.2 Å². The van der Waals surface area contributed by atoms with Crippen molar-refractivity contribution in [2.45, 2.75) is 33.3 Å². The molecule has 0 unspecified atom stereocenters. The third-order valence-corrected chi connectivity index (χ3v) is 5.47. The van der Waals surface area contributed by atoms with Crippen LogP contribution in [0.5, 0.6) is 17.2 Å². The van der Waals surface area contributed by atoms with Crippen molar-refractivity contribution >= 4 is 11.9 Å². The van der Waals surface area contributed by atoms with E-state index in [2.05, 4.69) is 26.0 Å². The summed E-state index contributed by atoms with van der Waals surface area (Å²) in [7, 11) is 1.64. The number of methoxy groups -OCH3 is 1. The molecule has 0 radical (unpaired) electrons. The fraction of sp³-hybridized carbons (Fsp3) is 0.222. The quantitative estimate of drug-likeness (QED) is 0.443. The monoisotopic (exact) mass is 414 g/mol. The smallest absolute Gasteiger partial charge is 0.231 e. The highest BCUT2D eigenvalue weighted by atomic mass is 16.5. The third-order valence-electron chi connectivity index (χ3n) is 5.47. The number of allylic oxidation sites excluding steroid dienone is 1. The van der Waals surface area contributed by atoms with Gasteiger partial charge in [0, 0.05) is 5.56 Å². The van der Waals surface area contributed by atoms with E-state index in [1.54, 1.807) is 19.3 Å². The molecule has 0 N–H and O–H groups in total. The van der Waals surface area contributed by atoms with Gasteiger partial charge in [-0.15, -0.1) is 0 Å². The normalized spacial score (nSPS) is 14.0. The number of ketones is 1. The Kier molecular flexibility index (Phi) is 5.81. The number of hydrogen-bond donors (Lipinski definition) is 0. The molecule has 0 bridgehead atoms. The molecule has 1 aliphatic heterocycles. The zero-order valence-electron chi connectivity index (χ0n) is 18.3. The van der Waals surface area contributed by atoms with Crippen LogP contribution in [0.25, 0.3) is 6.08 Å². The molecule has 0 saturated carbocycles. The number of ether oxygens (including phenoxy) is 3. The van der Waals surface area contributed by atoms with Crippen LogP contribution in [-0.2, 0) is 6.61 Å². The van der Waals surface area contributed by atoms with Gasteiger partial charge in [0.05, 0.1) is 12.7 Å². The van der Waals surface area contributed by atoms with Crippen LogP contribution in [-0.4, -0.2) is 12.9 Å². The predicted molar refractivity (Wildman–Crippen MR) is 122 cm³/mol. The Balaban J connectivity index is 1.53. The molecule has 0 aliphatic carbocycles. The molecule has 3 aromatic rings. The second kappa shape index (κ2) is 8.68. The highest BCUT2D eigenvalue weighted by Gasteiger charge is 2.30. The molecule has 0 aromatic heterocycles. The first-order valence-corrected chi connectivity index (χ1v) is 10.4. The molecule has 0 saturated heterocycles. The molecule has 0 fully saturated rings. The lowest BCUT2D eigenvalue weighted by Crippen LogP contribution is -1.99. The maximum atomic E-state index is 12.8. The summed E-state index contributed by atoms with van der Waals surface area (Å²) in [5.41, 5.74) is 4.58. The van der Waals surface area contributed by atoms with Crippen LogP contribution in [0.15, 0.2) is 66.4 Å². The Morgan fingerprint density at radius 1 is 1.03 bits per heavy atom. The van der Waals surface area contributed by atoms with Gasteiger partial charge in [-0.3, -0.25) is 4.79 Å². The summed E-state index contributed by atoms with van der Waals surface area (Å²) < 4.78 is 17.2. The highest BCUT2D eigenvalue weighted by Crippen LogP contribution is 2.39. The van der Waals surface area contributed by atoms with E-state index in [1.165, 1.54) is 5.56 Å². The van der Waals surface area contributed by atoms with Crippen LogP contribution in [0.3, 0.4) is 0 Å². The first-order chi connectivity index (χ1) is 15.0. The van der Waals surface area contributed by atoms with E-state index in [-0.39, 0.29) is 5.78 Å². The Hall–Kier alpha value is -3.53. The van der Waals surface area contributed by atoms with Crippen LogP contribution in [0, 0.1) is 6.92 Å². The van der Waals surface area contributed by atoms with Crippen molar-refractivity contribution in [2.24, 2.45) is 0 Å². The predicted octanol–water partition coefficient (Wildman–Crippen LogP) is 6.32. The molecule has 0 spiro atoms. The van der Waals surface area contributed by atoms with E-state index in [0.29, 0.717) is 35.3 Å². The van der Waals surface area contributed by atoms with Gasteiger partial charge in [0.15, 0.2) is 5.76 Å². The van der Waals surface area contributed by atoms with E-state index in [0.717, 1.165) is 22.4 Å². The van der Waals surface area contributed by atoms with Crippen LogP contribution >= 0.6 is 0 Å². The number of carbonyl (C=O) groups is 1. The molecule has 3 aromatic carbocycles. The van der Waals surface area contributed by atoms with E-state index >= 15 is 0 Å². The lowest BCUT2D eigenvalue weighted by Gasteiger charge is -2.12. The molecule has 4 heteroatoms. The number of Topliss-reactive ketones (excluding diaryl/α,β-unsaturated/α-hetero) is 1. The maximum Gasteiger partial charge on any atom is 0.231 e. The van der Waals surface area contributed by atoms with Crippen molar-refractivity contribution in [3.8, 4) is 17.2 Å². The van der Waals surface area contributed by atoms with E-state index in [1.807, 2.05) is 49.4 Å². The van der Waals surface area contributed by atoms with Gasteiger partial charge in [-0.1, -0.05) is 50.2 Å². The van der Waals surface area contributed by atoms with Crippen molar-refractivity contribution in [3.05, 3.63) is 94.2 Å². The molecule has 0 atom stereocenters. The Labute approximate surface area is 183 Å². The van der Waals surface area contributed by atoms with Gasteiger partial charge in [-0.05, 0) is 59.9 Å². The zero-order chi connectivity index (χ0) is 22.0. The first-order valence-electron chi connectivity index (χ1n) is 10.4. The highest BCUT2D eigenvalue weighted by molar-refractivity contribution is 6.14. The van der Waals surface area contributed by atoms with Gasteiger partial charge >= 0.3 is 0 Å². The molecule has 1 aliphatic rings. The molecule has 1 heterocycles. The minimum Gasteiger partial charge on any atom is -0.497 e. The van der Waals surface area contributed by atoms with Crippen LogP contribution in [0.4, 0.5) is 0 Å². The molecular weight excluding hydrogens is 388 g/mol. The fourth-order valence-electron chi connectivity index (χ4n) is 3.58. The summed E-state index contributed by atoms with van der Waals surface area (Å²) in [6, 6.07) is 19.5. The van der Waals surface area contributed by atoms with Gasteiger partial charge in [-0.2, -0.15) is 0 Å². The average molecular weight is 415 g/mol. The number of fused-ring (bicyclic) bond motifs is 1. The lowest BCUT2D eigenvalue weighted by atomic mass is 10.0. The Morgan fingerprint density at radius 3 is 2.52 bits per heavy atom. The second-order valence-corrected chi connectivity index (χ2v) is 7.97. The summed E-state index contributed by atoms with van der Waals surface area (Å²) in [4.78, 5) is 12.8. The first kappa shape index (κ1) is 20.7. The van der Waals surface area contributed by atoms with Gasteiger partial charge in [0.2, 0.25) is 5.78 Å². The zero-order valence-corrected chi connectivity index (χ0v) is 18.3. The Morgan fingerprint density at radius 2 is 1.81 bits per heavy atom. The number of carbonyl (C=O) groups excluding carboxylic acids is 1. The summed E-state index contributed by atoms with van der Waals surface area (Å²) in [5.74, 6) is 2.74. The number of hydrogen-bond acceptors (Lipinski definition) is 4. The number of rotatable bonds is 6. The molecular formula is C27H26O4. The summed E-state index contributed by atoms with van der Waals surface area (Å²) in [6.45, 7) is 6.62. The van der Waals surface area contributed by atoms with E-state index < -0.39 is 0 Å². The standard InChI is InChI=1S/C27H26O4/c1-17(2)21-10-8-19(9-11-21)15-25-26(28)23-12-13-24(18(3)27(23)31-25)30-16-20-6-5-7-22(14-20)29-4/h5-15,17H,16H2,1-4H3/b25-15-. The molecule has 4 rings (SSSR count). The summed E-state index contributed by atoms with van der Waals surface area (Å²) >= 11 is 0. The van der Waals surface area contributed by atoms with Crippen LogP contribution in [0.1, 0.15) is 52.4 Å². The summed E-state index contributed by atoms with van der Waals surface area (Å²) in [6.07, 6.45) is 1.79. The van der Waals surface area contributed by atoms with Gasteiger partial charge in [0.1, 0.15) is 23.9 Å². The van der Waals surface area contributed by atoms with Gasteiger partial charge < -0.3 is 14.2 Å². The van der Waals surface area contributed by atoms with E-state index in [4.69, 9.17) is 14.2 Å². The molecule has 31 heavy (non-hydrogen) atoms. The van der Waals surface area contributed by atoms with Crippen molar-refractivity contribution in [1.29, 1.82) is 0 Å². The Bertz CT molecular complexity index is 1140. The largest absolute Gasteiger partial charge is 0.497 e. The molecule has 158 valence electrons. The van der Waals surface area contributed by atoms with Crippen molar-refractivity contribution in [3.63, 3.8) is 0 Å². The summed E-state index contributed by atoms with van der Waals surface area (Å²) in [5, 5.41) is 0. The number of benzene rings is 3. The van der Waals surface area contributed by atoms with Crippen molar-refractivity contribution in [1.82, 2.24) is 0 Å². The third kappa shape index (κ3) is 4.33. The molecule has 0 amide bonds. The fourth-order valence-corrected chi connectivity index (χ4v) is 3.58. The van der Waals surface area contributed by atoms with Gasteiger partial charge in [-0.25, -0.2) is 0 Å². The molecule has 4 nitrogen and oxygen atoms in total. The SMILES string of the molecule is COc1cccc(COc2ccc3c(c2C)O/C(=C\c2ccc(C(C)C)cc2)C3=O)c1. The minimum atomic E-state index is -0.106. The minimum absolute atomic E-state index is 0.106. The average Bonchev–Trinajstić information content (AvgIpc) is 3.10. The van der Waals surface area contributed by atoms with Crippen molar-refractivity contribution in [2.75, 3.05) is 7.11 Å². The topological polar surface area (TPSA) is 44.8 Å². The maximum absolute atomic E-state index is 12.8.